The number of nitrogens with zero attached hydrogens (tertiary/aromatic N) is 2. The molecule has 0 saturated heterocycles. The normalized spacial score (nSPS) is 12.1. The van der Waals surface area contributed by atoms with Crippen LogP contribution in [0.15, 0.2) is 120 Å². The summed E-state index contributed by atoms with van der Waals surface area (Å²) in [6.07, 6.45) is 0. The molecule has 46 heavy (non-hydrogen) atoms. The van der Waals surface area contributed by atoms with Crippen LogP contribution in [-0.2, 0) is 7.05 Å². The lowest BCUT2D eigenvalue weighted by molar-refractivity contribution is -0.633. The van der Waals surface area contributed by atoms with Gasteiger partial charge in [0.05, 0.1) is 7.05 Å². The van der Waals surface area contributed by atoms with Crippen molar-refractivity contribution >= 4 is 43.7 Å². The molecule has 226 valence electrons. The Hall–Kier alpha value is -5.15. The van der Waals surface area contributed by atoms with Gasteiger partial charge in [0.2, 0.25) is 0 Å². The van der Waals surface area contributed by atoms with Crippen LogP contribution in [0.25, 0.3) is 71.9 Å². The molecule has 6 aromatic carbocycles. The number of hydrogen-bond donors (Lipinski definition) is 0. The van der Waals surface area contributed by atoms with E-state index in [0.717, 1.165) is 38.7 Å². The van der Waals surface area contributed by atoms with Crippen molar-refractivity contribution in [2.24, 2.45) is 7.05 Å². The maximum atomic E-state index is 7.09. The van der Waals surface area contributed by atoms with Crippen LogP contribution < -0.4 is 4.57 Å². The smallest absolute Gasteiger partial charge is 0.299 e. The first-order chi connectivity index (χ1) is 22.3. The number of imidazole rings is 1. The van der Waals surface area contributed by atoms with Gasteiger partial charge in [-0.1, -0.05) is 119 Å². The Bertz CT molecular complexity index is 2410. The Morgan fingerprint density at radius 1 is 0.630 bits per heavy atom. The van der Waals surface area contributed by atoms with Crippen molar-refractivity contribution in [2.45, 2.75) is 46.5 Å². The van der Waals surface area contributed by atoms with E-state index >= 15 is 0 Å². The van der Waals surface area contributed by atoms with Gasteiger partial charge in [-0.2, -0.15) is 4.57 Å². The average Bonchev–Trinajstić information content (AvgIpc) is 3.59. The quantitative estimate of drug-likeness (QED) is 0.180. The zero-order chi connectivity index (χ0) is 31.7. The first-order valence-corrected chi connectivity index (χ1v) is 16.4. The summed E-state index contributed by atoms with van der Waals surface area (Å²) in [5.74, 6) is 1.82. The van der Waals surface area contributed by atoms with Crippen LogP contribution >= 0.6 is 0 Å². The average molecular weight is 600 g/mol. The molecule has 0 atom stereocenters. The van der Waals surface area contributed by atoms with Crippen molar-refractivity contribution < 1.29 is 8.98 Å². The van der Waals surface area contributed by atoms with Gasteiger partial charge >= 0.3 is 0 Å². The molecule has 0 amide bonds. The van der Waals surface area contributed by atoms with Crippen molar-refractivity contribution in [1.29, 1.82) is 0 Å². The third-order valence-corrected chi connectivity index (χ3v) is 9.80. The van der Waals surface area contributed by atoms with Crippen LogP contribution in [0.2, 0.25) is 0 Å². The lowest BCUT2D eigenvalue weighted by Crippen LogP contribution is -2.30. The Morgan fingerprint density at radius 3 is 2.04 bits per heavy atom. The molecule has 0 N–H and O–H groups in total. The molecule has 0 unspecified atom stereocenters. The molecule has 0 bridgehead atoms. The topological polar surface area (TPSA) is 21.9 Å². The summed E-state index contributed by atoms with van der Waals surface area (Å²) in [7, 11) is 2.21. The first kappa shape index (κ1) is 28.3. The number of rotatable bonds is 5. The van der Waals surface area contributed by atoms with E-state index in [1.807, 2.05) is 0 Å². The Morgan fingerprint density at radius 2 is 1.30 bits per heavy atom. The SMILES string of the molecule is Cc1c(-c2ccccc2)cc2c(oc3c4ccccc4ccc23)c1-c1n(-c2c(C(C)C)cccc2C(C)C)c2ccccc2[n+]1C. The third-order valence-electron chi connectivity index (χ3n) is 9.80. The molecular weight excluding hydrogens is 560 g/mol. The van der Waals surface area contributed by atoms with E-state index in [1.54, 1.807) is 0 Å². The fourth-order valence-electron chi connectivity index (χ4n) is 7.51. The highest BCUT2D eigenvalue weighted by Gasteiger charge is 2.34. The zero-order valence-electron chi connectivity index (χ0n) is 27.4. The molecule has 0 aliphatic rings. The summed E-state index contributed by atoms with van der Waals surface area (Å²) in [6, 6.07) is 41.8. The molecule has 0 radical (unpaired) electrons. The number of furan rings is 1. The van der Waals surface area contributed by atoms with E-state index in [1.165, 1.54) is 49.9 Å². The molecule has 8 rings (SSSR count). The predicted molar refractivity (Wildman–Crippen MR) is 193 cm³/mol. The summed E-state index contributed by atoms with van der Waals surface area (Å²) < 4.78 is 12.0. The number of aromatic nitrogens is 2. The molecular formula is C43H39N2O+. The summed E-state index contributed by atoms with van der Waals surface area (Å²) in [6.45, 7) is 11.5. The van der Waals surface area contributed by atoms with E-state index in [9.17, 15) is 0 Å². The fraction of sp³-hybridized carbons (Fsp3) is 0.186. The van der Waals surface area contributed by atoms with Crippen molar-refractivity contribution in [2.75, 3.05) is 0 Å². The molecule has 2 aromatic heterocycles. The number of para-hydroxylation sites is 3. The number of hydrogen-bond acceptors (Lipinski definition) is 1. The van der Waals surface area contributed by atoms with Crippen LogP contribution in [-0.4, -0.2) is 4.57 Å². The third kappa shape index (κ3) is 4.15. The molecule has 0 saturated carbocycles. The van der Waals surface area contributed by atoms with E-state index in [-0.39, 0.29) is 0 Å². The molecule has 2 heterocycles. The monoisotopic (exact) mass is 599 g/mol. The van der Waals surface area contributed by atoms with Crippen LogP contribution in [0.4, 0.5) is 0 Å². The van der Waals surface area contributed by atoms with Gasteiger partial charge < -0.3 is 4.42 Å². The van der Waals surface area contributed by atoms with Crippen LogP contribution in [0.1, 0.15) is 56.2 Å². The van der Waals surface area contributed by atoms with Crippen LogP contribution in [0, 0.1) is 6.92 Å². The lowest BCUT2D eigenvalue weighted by atomic mass is 9.91. The van der Waals surface area contributed by atoms with Crippen LogP contribution in [0.5, 0.6) is 0 Å². The highest BCUT2D eigenvalue weighted by atomic mass is 16.3. The highest BCUT2D eigenvalue weighted by molar-refractivity contribution is 6.18. The second-order valence-electron chi connectivity index (χ2n) is 13.2. The molecule has 0 aliphatic carbocycles. The van der Waals surface area contributed by atoms with E-state index in [2.05, 4.69) is 166 Å². The Balaban J connectivity index is 1.61. The number of aryl methyl sites for hydroxylation is 1. The van der Waals surface area contributed by atoms with E-state index < -0.39 is 0 Å². The molecule has 3 nitrogen and oxygen atoms in total. The van der Waals surface area contributed by atoms with Gasteiger partial charge in [-0.15, -0.1) is 0 Å². The van der Waals surface area contributed by atoms with Crippen molar-refractivity contribution in [1.82, 2.24) is 4.57 Å². The molecule has 0 aliphatic heterocycles. The fourth-order valence-corrected chi connectivity index (χ4v) is 7.51. The Labute approximate surface area is 270 Å². The maximum absolute atomic E-state index is 7.09. The van der Waals surface area contributed by atoms with Gasteiger partial charge in [-0.05, 0) is 65.1 Å². The molecule has 0 spiro atoms. The zero-order valence-corrected chi connectivity index (χ0v) is 27.4. The standard InChI is InChI=1S/C43H39N2O/c1-26(2)31-19-14-20-32(27(3)4)40(31)45-38-22-13-12-21-37(38)44(6)43(45)39-28(5)35(29-15-8-7-9-16-29)25-36-34-24-23-30-17-10-11-18-33(30)41(34)46-42(36)39/h7-27H,1-6H3/q+1. The molecule has 3 heteroatoms. The minimum Gasteiger partial charge on any atom is -0.454 e. The second-order valence-corrected chi connectivity index (χ2v) is 13.2. The number of benzene rings is 6. The van der Waals surface area contributed by atoms with Gasteiger partial charge in [-0.3, -0.25) is 0 Å². The molecule has 0 fully saturated rings. The van der Waals surface area contributed by atoms with Crippen molar-refractivity contribution in [3.63, 3.8) is 0 Å². The van der Waals surface area contributed by atoms with Crippen molar-refractivity contribution in [3.8, 4) is 28.2 Å². The molecule has 8 aromatic rings. The van der Waals surface area contributed by atoms with E-state index in [0.29, 0.717) is 11.8 Å². The van der Waals surface area contributed by atoms with Gasteiger partial charge in [0.1, 0.15) is 16.8 Å². The lowest BCUT2D eigenvalue weighted by Gasteiger charge is -2.19. The maximum Gasteiger partial charge on any atom is 0.299 e. The largest absolute Gasteiger partial charge is 0.454 e. The summed E-state index contributed by atoms with van der Waals surface area (Å²) in [5.41, 5.74) is 13.0. The first-order valence-electron chi connectivity index (χ1n) is 16.4. The van der Waals surface area contributed by atoms with Gasteiger partial charge in [0, 0.05) is 27.3 Å². The van der Waals surface area contributed by atoms with Gasteiger partial charge in [0.15, 0.2) is 16.6 Å². The summed E-state index contributed by atoms with van der Waals surface area (Å²) in [5, 5.41) is 4.60. The van der Waals surface area contributed by atoms with E-state index in [4.69, 9.17) is 4.42 Å². The number of fused-ring (bicyclic) bond motifs is 6. The van der Waals surface area contributed by atoms with Crippen LogP contribution in [0.3, 0.4) is 0 Å². The van der Waals surface area contributed by atoms with Crippen molar-refractivity contribution in [3.05, 3.63) is 132 Å². The minimum absolute atomic E-state index is 0.349. The second kappa shape index (κ2) is 10.7. The van der Waals surface area contributed by atoms with Gasteiger partial charge in [0.25, 0.3) is 5.82 Å². The summed E-state index contributed by atoms with van der Waals surface area (Å²) >= 11 is 0. The summed E-state index contributed by atoms with van der Waals surface area (Å²) in [4.78, 5) is 0. The Kier molecular flexibility index (Phi) is 6.61. The van der Waals surface area contributed by atoms with Gasteiger partial charge in [-0.25, -0.2) is 4.57 Å². The predicted octanol–water partition coefficient (Wildman–Crippen LogP) is 11.4. The minimum atomic E-state index is 0.349. The highest BCUT2D eigenvalue weighted by Crippen LogP contribution is 2.45.